The Morgan fingerprint density at radius 3 is 2.13 bits per heavy atom. The van der Waals surface area contributed by atoms with E-state index in [4.69, 9.17) is 0 Å². The third-order valence-electron chi connectivity index (χ3n) is 4.99. The summed E-state index contributed by atoms with van der Waals surface area (Å²) in [6.45, 7) is 4.86. The van der Waals surface area contributed by atoms with Crippen LogP contribution in [0.15, 0.2) is 0 Å². The first-order chi connectivity index (χ1) is 6.97. The maximum Gasteiger partial charge on any atom is 0.207 e. The molecule has 0 aromatic rings. The van der Waals surface area contributed by atoms with E-state index in [1.54, 1.807) is 0 Å². The number of nitrogens with one attached hydrogen (secondary N) is 1. The van der Waals surface area contributed by atoms with Gasteiger partial charge in [-0.1, -0.05) is 13.8 Å². The topological polar surface area (TPSA) is 29.1 Å². The average Bonchev–Trinajstić information content (AvgIpc) is 1.94. The minimum absolute atomic E-state index is 0.157. The highest BCUT2D eigenvalue weighted by molar-refractivity contribution is 5.48. The van der Waals surface area contributed by atoms with Crippen LogP contribution in [-0.4, -0.2) is 11.9 Å². The molecule has 0 unspecified atom stereocenters. The van der Waals surface area contributed by atoms with E-state index in [-0.39, 0.29) is 5.54 Å². The first kappa shape index (κ1) is 9.68. The highest BCUT2D eigenvalue weighted by Gasteiger charge is 2.59. The second-order valence-corrected chi connectivity index (χ2v) is 7.17. The monoisotopic (exact) mass is 207 g/mol. The number of rotatable bonds is 2. The SMILES string of the molecule is C[C@@]12CC3CC(NC=O)(C1)C[C@@](C)(C3)C2. The normalized spacial score (nSPS) is 56.8. The molecule has 2 atom stereocenters. The van der Waals surface area contributed by atoms with Gasteiger partial charge in [-0.2, -0.15) is 0 Å². The summed E-state index contributed by atoms with van der Waals surface area (Å²) in [6.07, 6.45) is 8.75. The lowest BCUT2D eigenvalue weighted by molar-refractivity contribution is -0.131. The van der Waals surface area contributed by atoms with Crippen LogP contribution in [0.1, 0.15) is 52.4 Å². The molecule has 0 aliphatic heterocycles. The first-order valence-electron chi connectivity index (χ1n) is 6.18. The lowest BCUT2D eigenvalue weighted by Crippen LogP contribution is -2.63. The highest BCUT2D eigenvalue weighted by Crippen LogP contribution is 2.66. The van der Waals surface area contributed by atoms with Crippen molar-refractivity contribution in [2.24, 2.45) is 16.7 Å². The zero-order chi connectivity index (χ0) is 10.7. The van der Waals surface area contributed by atoms with Crippen molar-refractivity contribution in [3.8, 4) is 0 Å². The van der Waals surface area contributed by atoms with Crippen LogP contribution in [0.25, 0.3) is 0 Å². The Kier molecular flexibility index (Phi) is 1.67. The fraction of sp³-hybridized carbons (Fsp3) is 0.923. The smallest absolute Gasteiger partial charge is 0.207 e. The van der Waals surface area contributed by atoms with Crippen molar-refractivity contribution in [3.05, 3.63) is 0 Å². The van der Waals surface area contributed by atoms with Crippen molar-refractivity contribution in [3.63, 3.8) is 0 Å². The van der Waals surface area contributed by atoms with Gasteiger partial charge in [0.2, 0.25) is 6.41 Å². The van der Waals surface area contributed by atoms with Crippen molar-refractivity contribution in [1.29, 1.82) is 0 Å². The van der Waals surface area contributed by atoms with Gasteiger partial charge in [-0.3, -0.25) is 4.79 Å². The van der Waals surface area contributed by atoms with Gasteiger partial charge >= 0.3 is 0 Å². The van der Waals surface area contributed by atoms with E-state index in [1.165, 1.54) is 38.5 Å². The van der Waals surface area contributed by atoms with Crippen molar-refractivity contribution in [2.45, 2.75) is 57.9 Å². The van der Waals surface area contributed by atoms with Crippen LogP contribution in [0.4, 0.5) is 0 Å². The largest absolute Gasteiger partial charge is 0.353 e. The van der Waals surface area contributed by atoms with Gasteiger partial charge in [0, 0.05) is 5.54 Å². The molecule has 4 aliphatic carbocycles. The summed E-state index contributed by atoms with van der Waals surface area (Å²) in [6, 6.07) is 0. The maximum absolute atomic E-state index is 10.8. The maximum atomic E-state index is 10.8. The zero-order valence-electron chi connectivity index (χ0n) is 9.81. The fourth-order valence-electron chi connectivity index (χ4n) is 5.73. The van der Waals surface area contributed by atoms with Gasteiger partial charge in [0.1, 0.15) is 0 Å². The molecular formula is C13H21NO. The molecule has 4 aliphatic rings. The molecule has 4 bridgehead atoms. The molecule has 4 fully saturated rings. The molecule has 4 saturated carbocycles. The minimum atomic E-state index is 0.157. The van der Waals surface area contributed by atoms with Gasteiger partial charge in [-0.05, 0) is 55.3 Å². The van der Waals surface area contributed by atoms with E-state index in [0.717, 1.165) is 12.3 Å². The van der Waals surface area contributed by atoms with E-state index in [2.05, 4.69) is 19.2 Å². The molecule has 4 rings (SSSR count). The molecule has 1 N–H and O–H groups in total. The Balaban J connectivity index is 1.98. The van der Waals surface area contributed by atoms with Crippen molar-refractivity contribution in [2.75, 3.05) is 0 Å². The van der Waals surface area contributed by atoms with E-state index >= 15 is 0 Å². The van der Waals surface area contributed by atoms with Gasteiger partial charge in [0.15, 0.2) is 0 Å². The van der Waals surface area contributed by atoms with E-state index < -0.39 is 0 Å². The van der Waals surface area contributed by atoms with Crippen LogP contribution in [-0.2, 0) is 4.79 Å². The molecule has 0 aromatic heterocycles. The molecule has 2 heteroatoms. The zero-order valence-corrected chi connectivity index (χ0v) is 9.81. The van der Waals surface area contributed by atoms with Crippen LogP contribution in [0.2, 0.25) is 0 Å². The Morgan fingerprint density at radius 1 is 1.07 bits per heavy atom. The predicted octanol–water partition coefficient (Wildman–Crippen LogP) is 2.48. The van der Waals surface area contributed by atoms with E-state index in [1.807, 2.05) is 0 Å². The van der Waals surface area contributed by atoms with Gasteiger partial charge in [-0.15, -0.1) is 0 Å². The summed E-state index contributed by atoms with van der Waals surface area (Å²) < 4.78 is 0. The van der Waals surface area contributed by atoms with Gasteiger partial charge < -0.3 is 5.32 Å². The number of carbonyl (C=O) groups excluding carboxylic acids is 1. The van der Waals surface area contributed by atoms with Crippen LogP contribution < -0.4 is 5.32 Å². The summed E-state index contributed by atoms with van der Waals surface area (Å²) in [5.41, 5.74) is 1.17. The molecule has 0 saturated heterocycles. The van der Waals surface area contributed by atoms with Gasteiger partial charge in [-0.25, -0.2) is 0 Å². The lowest BCUT2D eigenvalue weighted by Gasteiger charge is -2.65. The van der Waals surface area contributed by atoms with Crippen molar-refractivity contribution >= 4 is 6.41 Å². The summed E-state index contributed by atoms with van der Waals surface area (Å²) in [5.74, 6) is 0.865. The molecule has 2 nitrogen and oxygen atoms in total. The standard InChI is InChI=1S/C13H21NO/c1-11-3-10-4-12(2,6-11)8-13(5-10,7-11)14-9-15/h9-10H,3-8H2,1-2H3,(H,14,15)/t10?,11-,12-,13?/m0/s1. The van der Waals surface area contributed by atoms with Crippen LogP contribution in [0.5, 0.6) is 0 Å². The third kappa shape index (κ3) is 1.33. The predicted molar refractivity (Wildman–Crippen MR) is 59.3 cm³/mol. The molecular weight excluding hydrogens is 186 g/mol. The molecule has 0 radical (unpaired) electrons. The van der Waals surface area contributed by atoms with Crippen molar-refractivity contribution < 1.29 is 4.79 Å². The van der Waals surface area contributed by atoms with Crippen LogP contribution >= 0.6 is 0 Å². The first-order valence-corrected chi connectivity index (χ1v) is 6.18. The molecule has 1 amide bonds. The van der Waals surface area contributed by atoms with Gasteiger partial charge in [0.05, 0.1) is 0 Å². The molecule has 0 heterocycles. The van der Waals surface area contributed by atoms with Crippen molar-refractivity contribution in [1.82, 2.24) is 5.32 Å². The van der Waals surface area contributed by atoms with Crippen LogP contribution in [0, 0.1) is 16.7 Å². The lowest BCUT2D eigenvalue weighted by atomic mass is 9.43. The molecule has 84 valence electrons. The average molecular weight is 207 g/mol. The van der Waals surface area contributed by atoms with E-state index in [9.17, 15) is 4.79 Å². The summed E-state index contributed by atoms with van der Waals surface area (Å²) in [5, 5.41) is 3.16. The second-order valence-electron chi connectivity index (χ2n) is 7.17. The number of carbonyl (C=O) groups is 1. The number of hydrogen-bond acceptors (Lipinski definition) is 1. The Morgan fingerprint density at radius 2 is 1.67 bits per heavy atom. The Labute approximate surface area is 91.8 Å². The van der Waals surface area contributed by atoms with Gasteiger partial charge in [0.25, 0.3) is 0 Å². The molecule has 0 aromatic carbocycles. The Bertz CT molecular complexity index is 294. The number of amides is 1. The third-order valence-corrected chi connectivity index (χ3v) is 4.99. The molecule has 0 spiro atoms. The minimum Gasteiger partial charge on any atom is -0.353 e. The molecule has 15 heavy (non-hydrogen) atoms. The number of hydrogen-bond donors (Lipinski definition) is 1. The van der Waals surface area contributed by atoms with E-state index in [0.29, 0.717) is 10.8 Å². The Hall–Kier alpha value is -0.530. The highest BCUT2D eigenvalue weighted by atomic mass is 16.1. The van der Waals surface area contributed by atoms with Crippen LogP contribution in [0.3, 0.4) is 0 Å². The fourth-order valence-corrected chi connectivity index (χ4v) is 5.73. The summed E-state index contributed by atoms with van der Waals surface area (Å²) in [7, 11) is 0. The quantitative estimate of drug-likeness (QED) is 0.692. The summed E-state index contributed by atoms with van der Waals surface area (Å²) >= 11 is 0. The second kappa shape index (κ2) is 2.58. The summed E-state index contributed by atoms with van der Waals surface area (Å²) in [4.78, 5) is 10.8.